The SMILES string of the molecule is CCC(C)[C@H](N)C(=O)OCCCCCC=O. The van der Waals surface area contributed by atoms with Gasteiger partial charge in [0.15, 0.2) is 0 Å². The molecule has 0 aliphatic heterocycles. The number of hydrogen-bond acceptors (Lipinski definition) is 4. The third-order valence-electron chi connectivity index (χ3n) is 2.74. The minimum atomic E-state index is -0.514. The minimum Gasteiger partial charge on any atom is -0.465 e. The molecule has 0 fully saturated rings. The molecular formula is C12H23NO3. The van der Waals surface area contributed by atoms with E-state index in [0.29, 0.717) is 13.0 Å². The summed E-state index contributed by atoms with van der Waals surface area (Å²) >= 11 is 0. The summed E-state index contributed by atoms with van der Waals surface area (Å²) in [6.45, 7) is 4.34. The Labute approximate surface area is 97.5 Å². The Morgan fingerprint density at radius 3 is 2.62 bits per heavy atom. The maximum Gasteiger partial charge on any atom is 0.323 e. The summed E-state index contributed by atoms with van der Waals surface area (Å²) < 4.78 is 5.05. The van der Waals surface area contributed by atoms with E-state index in [9.17, 15) is 9.59 Å². The number of ether oxygens (including phenoxy) is 1. The van der Waals surface area contributed by atoms with Crippen LogP contribution in [0.25, 0.3) is 0 Å². The lowest BCUT2D eigenvalue weighted by Gasteiger charge is -2.16. The number of rotatable bonds is 9. The van der Waals surface area contributed by atoms with Crippen LogP contribution < -0.4 is 5.73 Å². The van der Waals surface area contributed by atoms with Crippen LogP contribution in [-0.4, -0.2) is 24.9 Å². The monoisotopic (exact) mass is 229 g/mol. The van der Waals surface area contributed by atoms with E-state index in [4.69, 9.17) is 10.5 Å². The molecule has 4 nitrogen and oxygen atoms in total. The molecule has 94 valence electrons. The van der Waals surface area contributed by atoms with Crippen molar-refractivity contribution in [3.05, 3.63) is 0 Å². The lowest BCUT2D eigenvalue weighted by Crippen LogP contribution is -2.38. The van der Waals surface area contributed by atoms with E-state index in [1.807, 2.05) is 13.8 Å². The first-order valence-corrected chi connectivity index (χ1v) is 5.99. The second-order valence-corrected chi connectivity index (χ2v) is 4.09. The fourth-order valence-corrected chi connectivity index (χ4v) is 1.26. The molecule has 0 saturated heterocycles. The Morgan fingerprint density at radius 1 is 1.38 bits per heavy atom. The molecule has 0 aromatic rings. The van der Waals surface area contributed by atoms with E-state index in [0.717, 1.165) is 32.0 Å². The highest BCUT2D eigenvalue weighted by Crippen LogP contribution is 2.07. The summed E-state index contributed by atoms with van der Waals surface area (Å²) in [6.07, 6.45) is 4.93. The van der Waals surface area contributed by atoms with Crippen molar-refractivity contribution in [2.45, 2.75) is 52.0 Å². The lowest BCUT2D eigenvalue weighted by atomic mass is 10.0. The molecule has 0 bridgehead atoms. The predicted octanol–water partition coefficient (Wildman–Crippen LogP) is 1.66. The van der Waals surface area contributed by atoms with Crippen LogP contribution in [0.1, 0.15) is 46.0 Å². The van der Waals surface area contributed by atoms with Crippen LogP contribution in [0.2, 0.25) is 0 Å². The highest BCUT2D eigenvalue weighted by molar-refractivity contribution is 5.75. The molecule has 0 spiro atoms. The molecular weight excluding hydrogens is 206 g/mol. The maximum atomic E-state index is 11.4. The highest BCUT2D eigenvalue weighted by atomic mass is 16.5. The molecule has 0 aromatic carbocycles. The van der Waals surface area contributed by atoms with Crippen LogP contribution in [0, 0.1) is 5.92 Å². The van der Waals surface area contributed by atoms with Gasteiger partial charge in [-0.3, -0.25) is 4.79 Å². The van der Waals surface area contributed by atoms with Gasteiger partial charge < -0.3 is 15.3 Å². The molecule has 4 heteroatoms. The largest absolute Gasteiger partial charge is 0.465 e. The van der Waals surface area contributed by atoms with Gasteiger partial charge in [-0.15, -0.1) is 0 Å². The average molecular weight is 229 g/mol. The summed E-state index contributed by atoms with van der Waals surface area (Å²) in [5.41, 5.74) is 5.71. The number of esters is 1. The van der Waals surface area contributed by atoms with E-state index in [2.05, 4.69) is 0 Å². The van der Waals surface area contributed by atoms with E-state index < -0.39 is 6.04 Å². The van der Waals surface area contributed by atoms with Gasteiger partial charge in [-0.25, -0.2) is 0 Å². The number of carbonyl (C=O) groups excluding carboxylic acids is 2. The topological polar surface area (TPSA) is 69.4 Å². The van der Waals surface area contributed by atoms with Crippen molar-refractivity contribution in [2.24, 2.45) is 11.7 Å². The van der Waals surface area contributed by atoms with Gasteiger partial charge in [0.1, 0.15) is 12.3 Å². The van der Waals surface area contributed by atoms with Crippen molar-refractivity contribution in [1.82, 2.24) is 0 Å². The van der Waals surface area contributed by atoms with E-state index >= 15 is 0 Å². The van der Waals surface area contributed by atoms with Crippen LogP contribution in [0.3, 0.4) is 0 Å². The molecule has 0 rings (SSSR count). The third-order valence-corrected chi connectivity index (χ3v) is 2.74. The smallest absolute Gasteiger partial charge is 0.323 e. The van der Waals surface area contributed by atoms with Gasteiger partial charge in [-0.2, -0.15) is 0 Å². The fraction of sp³-hybridized carbons (Fsp3) is 0.833. The zero-order valence-electron chi connectivity index (χ0n) is 10.3. The standard InChI is InChI=1S/C12H23NO3/c1-3-10(2)11(13)12(15)16-9-7-5-4-6-8-14/h8,10-11H,3-7,9,13H2,1-2H3/t10?,11-/m0/s1. The number of hydrogen-bond donors (Lipinski definition) is 1. The van der Waals surface area contributed by atoms with E-state index in [-0.39, 0.29) is 11.9 Å². The molecule has 0 heterocycles. The second kappa shape index (κ2) is 9.33. The summed E-state index contributed by atoms with van der Waals surface area (Å²) in [4.78, 5) is 21.5. The summed E-state index contributed by atoms with van der Waals surface area (Å²) in [7, 11) is 0. The first-order valence-electron chi connectivity index (χ1n) is 5.99. The molecule has 0 radical (unpaired) electrons. The molecule has 2 atom stereocenters. The van der Waals surface area contributed by atoms with Crippen LogP contribution in [0.15, 0.2) is 0 Å². The molecule has 0 aliphatic carbocycles. The zero-order chi connectivity index (χ0) is 12.4. The van der Waals surface area contributed by atoms with Gasteiger partial charge in [0.25, 0.3) is 0 Å². The Morgan fingerprint density at radius 2 is 2.06 bits per heavy atom. The van der Waals surface area contributed by atoms with Gasteiger partial charge in [-0.05, 0) is 25.2 Å². The lowest BCUT2D eigenvalue weighted by molar-refractivity contribution is -0.146. The van der Waals surface area contributed by atoms with Gasteiger partial charge >= 0.3 is 5.97 Å². The number of nitrogens with two attached hydrogens (primary N) is 1. The van der Waals surface area contributed by atoms with Gasteiger partial charge in [0.2, 0.25) is 0 Å². The molecule has 0 saturated carbocycles. The number of unbranched alkanes of at least 4 members (excludes halogenated alkanes) is 3. The molecule has 2 N–H and O–H groups in total. The third kappa shape index (κ3) is 6.56. The Balaban J connectivity index is 3.53. The van der Waals surface area contributed by atoms with Crippen molar-refractivity contribution >= 4 is 12.3 Å². The van der Waals surface area contributed by atoms with Crippen molar-refractivity contribution in [1.29, 1.82) is 0 Å². The fourth-order valence-electron chi connectivity index (χ4n) is 1.26. The quantitative estimate of drug-likeness (QED) is 0.371. The summed E-state index contributed by atoms with van der Waals surface area (Å²) in [5, 5.41) is 0. The van der Waals surface area contributed by atoms with E-state index in [1.54, 1.807) is 0 Å². The Bertz CT molecular complexity index is 206. The second-order valence-electron chi connectivity index (χ2n) is 4.09. The minimum absolute atomic E-state index is 0.155. The van der Waals surface area contributed by atoms with E-state index in [1.165, 1.54) is 0 Å². The maximum absolute atomic E-state index is 11.4. The summed E-state index contributed by atoms with van der Waals surface area (Å²) in [5.74, 6) is -0.160. The van der Waals surface area contributed by atoms with Gasteiger partial charge in [0, 0.05) is 6.42 Å². The van der Waals surface area contributed by atoms with Crippen LogP contribution in [0.4, 0.5) is 0 Å². The van der Waals surface area contributed by atoms with Crippen molar-refractivity contribution in [2.75, 3.05) is 6.61 Å². The normalized spacial score (nSPS) is 14.2. The number of aldehydes is 1. The summed E-state index contributed by atoms with van der Waals surface area (Å²) in [6, 6.07) is -0.514. The molecule has 0 aromatic heterocycles. The average Bonchev–Trinajstić information content (AvgIpc) is 2.31. The molecule has 0 amide bonds. The Kier molecular flexibility index (Phi) is 8.81. The molecule has 1 unspecified atom stereocenters. The van der Waals surface area contributed by atoms with Crippen molar-refractivity contribution < 1.29 is 14.3 Å². The van der Waals surface area contributed by atoms with Crippen molar-refractivity contribution in [3.8, 4) is 0 Å². The molecule has 0 aliphatic rings. The van der Waals surface area contributed by atoms with Gasteiger partial charge in [-0.1, -0.05) is 20.3 Å². The van der Waals surface area contributed by atoms with Crippen molar-refractivity contribution in [3.63, 3.8) is 0 Å². The first kappa shape index (κ1) is 15.1. The highest BCUT2D eigenvalue weighted by Gasteiger charge is 2.20. The Hall–Kier alpha value is -0.900. The van der Waals surface area contributed by atoms with Crippen LogP contribution >= 0.6 is 0 Å². The van der Waals surface area contributed by atoms with Crippen LogP contribution in [-0.2, 0) is 14.3 Å². The van der Waals surface area contributed by atoms with Gasteiger partial charge in [0.05, 0.1) is 6.61 Å². The van der Waals surface area contributed by atoms with Crippen LogP contribution in [0.5, 0.6) is 0 Å². The zero-order valence-corrected chi connectivity index (χ0v) is 10.3. The molecule has 16 heavy (non-hydrogen) atoms. The first-order chi connectivity index (χ1) is 7.63. The number of carbonyl (C=O) groups is 2. The predicted molar refractivity (Wildman–Crippen MR) is 62.9 cm³/mol.